The predicted octanol–water partition coefficient (Wildman–Crippen LogP) is 4.25. The highest BCUT2D eigenvalue weighted by Gasteiger charge is 2.51. The number of amides is 1. The molecule has 1 amide bonds. The molecule has 1 aliphatic carbocycles. The monoisotopic (exact) mass is 395 g/mol. The summed E-state index contributed by atoms with van der Waals surface area (Å²) in [4.78, 5) is 16.0. The minimum atomic E-state index is -0.739. The number of rotatable bonds is 2. The van der Waals surface area contributed by atoms with Gasteiger partial charge in [-0.3, -0.25) is 0 Å². The van der Waals surface area contributed by atoms with Gasteiger partial charge in [0, 0.05) is 11.0 Å². The van der Waals surface area contributed by atoms with Crippen molar-refractivity contribution in [3.8, 4) is 10.6 Å². The van der Waals surface area contributed by atoms with Gasteiger partial charge in [-0.05, 0) is 51.4 Å². The largest absolute Gasteiger partial charge is 0.438 e. The fourth-order valence-corrected chi connectivity index (χ4v) is 4.53. The smallest absolute Gasteiger partial charge is 0.405 e. The third-order valence-corrected chi connectivity index (χ3v) is 5.79. The number of hydrogen-bond acceptors (Lipinski definition) is 5. The second-order valence-corrected chi connectivity index (χ2v) is 8.16. The SMILES string of the molecule is CC(C)(C)[C@@]1(OC(N)=O)CCc2c(-c3nc(Br)ns3)cccc21. The third-order valence-electron chi connectivity index (χ3n) is 4.46. The Morgan fingerprint density at radius 2 is 2.17 bits per heavy atom. The number of nitrogens with zero attached hydrogens (tertiary/aromatic N) is 2. The number of primary amides is 1. The molecular formula is C16H18BrN3O2S. The summed E-state index contributed by atoms with van der Waals surface area (Å²) < 4.78 is 10.5. The standard InChI is InChI=1S/C16H18BrN3O2S/c1-15(2,3)16(22-14(18)21)8-7-9-10(5-4-6-11(9)16)12-19-13(17)20-23-12/h4-6H,7-8H2,1-3H3,(H2,18,21)/t16-/m1/s1. The first-order chi connectivity index (χ1) is 10.7. The van der Waals surface area contributed by atoms with Crippen LogP contribution in [0.5, 0.6) is 0 Å². The van der Waals surface area contributed by atoms with Gasteiger partial charge in [0.25, 0.3) is 0 Å². The van der Waals surface area contributed by atoms with E-state index >= 15 is 0 Å². The summed E-state index contributed by atoms with van der Waals surface area (Å²) in [6.07, 6.45) is 0.788. The van der Waals surface area contributed by atoms with Crippen molar-refractivity contribution in [3.63, 3.8) is 0 Å². The van der Waals surface area contributed by atoms with Gasteiger partial charge in [-0.2, -0.15) is 4.37 Å². The van der Waals surface area contributed by atoms with E-state index < -0.39 is 11.7 Å². The van der Waals surface area contributed by atoms with Crippen molar-refractivity contribution in [1.82, 2.24) is 9.36 Å². The van der Waals surface area contributed by atoms with Crippen LogP contribution in [0.2, 0.25) is 0 Å². The second-order valence-electron chi connectivity index (χ2n) is 6.70. The average molecular weight is 396 g/mol. The summed E-state index contributed by atoms with van der Waals surface area (Å²) in [5.74, 6) is 0. The number of halogens is 1. The van der Waals surface area contributed by atoms with E-state index in [1.165, 1.54) is 11.5 Å². The van der Waals surface area contributed by atoms with Crippen LogP contribution in [0.4, 0.5) is 4.79 Å². The molecule has 122 valence electrons. The van der Waals surface area contributed by atoms with E-state index in [0.717, 1.165) is 28.1 Å². The van der Waals surface area contributed by atoms with E-state index in [2.05, 4.69) is 46.1 Å². The normalized spacial score (nSPS) is 20.3. The Labute approximate surface area is 147 Å². The molecular weight excluding hydrogens is 378 g/mol. The van der Waals surface area contributed by atoms with Gasteiger partial charge in [0.1, 0.15) is 10.6 Å². The zero-order chi connectivity index (χ0) is 16.8. The molecule has 0 unspecified atom stereocenters. The molecule has 0 saturated carbocycles. The van der Waals surface area contributed by atoms with Gasteiger partial charge in [0.2, 0.25) is 4.73 Å². The van der Waals surface area contributed by atoms with Crippen LogP contribution in [0.25, 0.3) is 10.6 Å². The third kappa shape index (κ3) is 2.65. The lowest BCUT2D eigenvalue weighted by atomic mass is 9.72. The van der Waals surface area contributed by atoms with Crippen molar-refractivity contribution in [2.45, 2.75) is 39.2 Å². The minimum absolute atomic E-state index is 0.270. The van der Waals surface area contributed by atoms with Gasteiger partial charge in [0.05, 0.1) is 0 Å². The molecule has 0 fully saturated rings. The van der Waals surface area contributed by atoms with Crippen molar-refractivity contribution in [3.05, 3.63) is 34.1 Å². The van der Waals surface area contributed by atoms with Gasteiger partial charge >= 0.3 is 6.09 Å². The van der Waals surface area contributed by atoms with Gasteiger partial charge in [0.15, 0.2) is 0 Å². The van der Waals surface area contributed by atoms with E-state index in [4.69, 9.17) is 10.5 Å². The zero-order valence-electron chi connectivity index (χ0n) is 13.2. The van der Waals surface area contributed by atoms with E-state index in [9.17, 15) is 4.79 Å². The number of carbonyl (C=O) groups is 1. The van der Waals surface area contributed by atoms with Crippen LogP contribution in [-0.4, -0.2) is 15.5 Å². The summed E-state index contributed by atoms with van der Waals surface area (Å²) in [6, 6.07) is 6.03. The molecule has 2 N–H and O–H groups in total. The minimum Gasteiger partial charge on any atom is -0.438 e. The Morgan fingerprint density at radius 1 is 1.43 bits per heavy atom. The van der Waals surface area contributed by atoms with E-state index in [1.54, 1.807) is 0 Å². The first-order valence-corrected chi connectivity index (χ1v) is 8.92. The lowest BCUT2D eigenvalue weighted by molar-refractivity contribution is -0.0694. The number of carbonyl (C=O) groups excluding carboxylic acids is 1. The Morgan fingerprint density at radius 3 is 2.74 bits per heavy atom. The van der Waals surface area contributed by atoms with Gasteiger partial charge in [-0.15, -0.1) is 0 Å². The van der Waals surface area contributed by atoms with Crippen molar-refractivity contribution >= 4 is 33.6 Å². The first kappa shape index (κ1) is 16.4. The summed E-state index contributed by atoms with van der Waals surface area (Å²) in [7, 11) is 0. The van der Waals surface area contributed by atoms with E-state index in [-0.39, 0.29) is 5.41 Å². The average Bonchev–Trinajstić information content (AvgIpc) is 3.03. The number of ether oxygens (including phenoxy) is 1. The highest BCUT2D eigenvalue weighted by atomic mass is 79.9. The molecule has 23 heavy (non-hydrogen) atoms. The fraction of sp³-hybridized carbons (Fsp3) is 0.438. The summed E-state index contributed by atoms with van der Waals surface area (Å²) in [6.45, 7) is 6.21. The number of aromatic nitrogens is 2. The molecule has 1 aromatic carbocycles. The molecule has 0 saturated heterocycles. The van der Waals surface area contributed by atoms with Gasteiger partial charge < -0.3 is 10.5 Å². The molecule has 1 atom stereocenters. The summed E-state index contributed by atoms with van der Waals surface area (Å²) in [5, 5.41) is 0.859. The lowest BCUT2D eigenvalue weighted by Gasteiger charge is -2.41. The van der Waals surface area contributed by atoms with Crippen LogP contribution in [0.15, 0.2) is 22.9 Å². The molecule has 1 aromatic heterocycles. The maximum absolute atomic E-state index is 11.5. The summed E-state index contributed by atoms with van der Waals surface area (Å²) >= 11 is 4.65. The second kappa shape index (κ2) is 5.56. The first-order valence-electron chi connectivity index (χ1n) is 7.35. The van der Waals surface area contributed by atoms with Crippen LogP contribution in [-0.2, 0) is 16.8 Å². The Hall–Kier alpha value is -1.47. The number of benzene rings is 1. The van der Waals surface area contributed by atoms with Crippen LogP contribution < -0.4 is 5.73 Å². The molecule has 7 heteroatoms. The lowest BCUT2D eigenvalue weighted by Crippen LogP contribution is -2.43. The quantitative estimate of drug-likeness (QED) is 0.823. The highest BCUT2D eigenvalue weighted by Crippen LogP contribution is 2.53. The summed E-state index contributed by atoms with van der Waals surface area (Å²) in [5.41, 5.74) is 7.62. The molecule has 0 aliphatic heterocycles. The van der Waals surface area contributed by atoms with E-state index in [1.807, 2.05) is 18.2 Å². The van der Waals surface area contributed by atoms with Crippen LogP contribution in [0, 0.1) is 5.41 Å². The van der Waals surface area contributed by atoms with E-state index in [0.29, 0.717) is 11.2 Å². The molecule has 2 aromatic rings. The zero-order valence-corrected chi connectivity index (χ0v) is 15.6. The van der Waals surface area contributed by atoms with Crippen molar-refractivity contribution < 1.29 is 9.53 Å². The number of fused-ring (bicyclic) bond motifs is 1. The molecule has 5 nitrogen and oxygen atoms in total. The fourth-order valence-electron chi connectivity index (χ4n) is 3.40. The Balaban J connectivity index is 2.18. The molecule has 3 rings (SSSR count). The Kier molecular flexibility index (Phi) is 3.96. The van der Waals surface area contributed by atoms with Crippen LogP contribution in [0.1, 0.15) is 38.3 Å². The molecule has 0 spiro atoms. The maximum atomic E-state index is 11.5. The Bertz CT molecular complexity index is 769. The maximum Gasteiger partial charge on any atom is 0.405 e. The van der Waals surface area contributed by atoms with Crippen LogP contribution in [0.3, 0.4) is 0 Å². The van der Waals surface area contributed by atoms with Gasteiger partial charge in [-0.1, -0.05) is 39.0 Å². The van der Waals surface area contributed by atoms with Crippen LogP contribution >= 0.6 is 27.5 Å². The van der Waals surface area contributed by atoms with Crippen molar-refractivity contribution in [1.29, 1.82) is 0 Å². The van der Waals surface area contributed by atoms with Gasteiger partial charge in [-0.25, -0.2) is 9.78 Å². The van der Waals surface area contributed by atoms with Crippen molar-refractivity contribution in [2.75, 3.05) is 0 Å². The topological polar surface area (TPSA) is 78.1 Å². The predicted molar refractivity (Wildman–Crippen MR) is 93.2 cm³/mol. The molecule has 1 aliphatic rings. The number of nitrogens with two attached hydrogens (primary N) is 1. The highest BCUT2D eigenvalue weighted by molar-refractivity contribution is 9.10. The molecule has 0 radical (unpaired) electrons. The van der Waals surface area contributed by atoms with Crippen molar-refractivity contribution in [2.24, 2.45) is 11.1 Å². The molecule has 1 heterocycles. The number of hydrogen-bond donors (Lipinski definition) is 1. The molecule has 0 bridgehead atoms.